The number of carbonyl (C=O) groups is 1. The minimum Gasteiger partial charge on any atom is -0.361 e. The lowest BCUT2D eigenvalue weighted by Gasteiger charge is -2.34. The number of amides is 1. The summed E-state index contributed by atoms with van der Waals surface area (Å²) in [6.45, 7) is 8.21. The zero-order chi connectivity index (χ0) is 19.8. The van der Waals surface area contributed by atoms with Crippen LogP contribution in [-0.2, 0) is 17.6 Å². The maximum absolute atomic E-state index is 12.6. The number of aromatic nitrogens is 4. The van der Waals surface area contributed by atoms with Gasteiger partial charge >= 0.3 is 0 Å². The van der Waals surface area contributed by atoms with Gasteiger partial charge in [0.25, 0.3) is 5.56 Å². The van der Waals surface area contributed by atoms with Crippen molar-refractivity contribution >= 4 is 27.3 Å². The molecule has 0 radical (unpaired) electrons. The van der Waals surface area contributed by atoms with E-state index in [1.54, 1.807) is 0 Å². The molecule has 1 saturated heterocycles. The summed E-state index contributed by atoms with van der Waals surface area (Å²) in [4.78, 5) is 33.9. The van der Waals surface area contributed by atoms with Gasteiger partial charge in [0.1, 0.15) is 5.76 Å². The van der Waals surface area contributed by atoms with Crippen LogP contribution >= 0.6 is 11.3 Å². The van der Waals surface area contributed by atoms with Crippen molar-refractivity contribution in [2.45, 2.75) is 33.6 Å². The molecule has 28 heavy (non-hydrogen) atoms. The summed E-state index contributed by atoms with van der Waals surface area (Å²) in [5, 5.41) is 9.10. The van der Waals surface area contributed by atoms with Crippen LogP contribution in [0.1, 0.15) is 29.6 Å². The van der Waals surface area contributed by atoms with Crippen molar-refractivity contribution in [2.75, 3.05) is 31.1 Å². The monoisotopic (exact) mass is 402 g/mol. The lowest BCUT2D eigenvalue weighted by Crippen LogP contribution is -2.49. The third-order valence-electron chi connectivity index (χ3n) is 5.06. The predicted octanol–water partition coefficient (Wildman–Crippen LogP) is 1.21. The second-order valence-corrected chi connectivity index (χ2v) is 7.80. The highest BCUT2D eigenvalue weighted by atomic mass is 32.1. The Morgan fingerprint density at radius 3 is 2.64 bits per heavy atom. The van der Waals surface area contributed by atoms with Gasteiger partial charge in [-0.25, -0.2) is 4.98 Å². The quantitative estimate of drug-likeness (QED) is 0.647. The summed E-state index contributed by atoms with van der Waals surface area (Å²) in [5.74, 6) is 0.771. The molecule has 0 unspecified atom stereocenters. The van der Waals surface area contributed by atoms with Gasteiger partial charge in [0.15, 0.2) is 0 Å². The molecule has 0 atom stereocenters. The van der Waals surface area contributed by atoms with Crippen LogP contribution in [0.5, 0.6) is 0 Å². The highest BCUT2D eigenvalue weighted by Gasteiger charge is 2.25. The highest BCUT2D eigenvalue weighted by Crippen LogP contribution is 2.23. The first kappa shape index (κ1) is 18.6. The molecule has 0 aromatic carbocycles. The second kappa shape index (κ2) is 7.34. The van der Waals surface area contributed by atoms with E-state index in [1.807, 2.05) is 25.7 Å². The Kier molecular flexibility index (Phi) is 4.88. The number of anilines is 1. The van der Waals surface area contributed by atoms with E-state index < -0.39 is 0 Å². The largest absolute Gasteiger partial charge is 0.361 e. The molecule has 4 heterocycles. The lowest BCUT2D eigenvalue weighted by atomic mass is 10.1. The Labute approximate surface area is 165 Å². The molecule has 0 bridgehead atoms. The topological polar surface area (TPSA) is 96.8 Å². The average molecular weight is 402 g/mol. The number of piperazine rings is 1. The van der Waals surface area contributed by atoms with Gasteiger partial charge in [-0.05, 0) is 20.3 Å². The molecule has 0 saturated carbocycles. The Balaban J connectivity index is 1.44. The first-order valence-corrected chi connectivity index (χ1v) is 10.1. The van der Waals surface area contributed by atoms with Crippen LogP contribution in [0, 0.1) is 13.8 Å². The summed E-state index contributed by atoms with van der Waals surface area (Å²) < 4.78 is 6.50. The molecular weight excluding hydrogens is 380 g/mol. The number of nitrogens with zero attached hydrogens (tertiary/aromatic N) is 6. The Hall–Kier alpha value is -2.75. The van der Waals surface area contributed by atoms with E-state index in [1.165, 1.54) is 21.9 Å². The predicted molar refractivity (Wildman–Crippen MR) is 105 cm³/mol. The normalized spacial score (nSPS) is 14.8. The van der Waals surface area contributed by atoms with Gasteiger partial charge in [-0.1, -0.05) is 23.4 Å². The molecule has 4 rings (SSSR count). The van der Waals surface area contributed by atoms with E-state index in [-0.39, 0.29) is 11.5 Å². The number of aryl methyl sites for hydroxylation is 3. The van der Waals surface area contributed by atoms with Gasteiger partial charge < -0.3 is 14.3 Å². The first-order chi connectivity index (χ1) is 13.5. The van der Waals surface area contributed by atoms with Crippen LogP contribution < -0.4 is 10.5 Å². The molecule has 1 amide bonds. The van der Waals surface area contributed by atoms with Gasteiger partial charge in [-0.3, -0.25) is 9.59 Å². The maximum atomic E-state index is 12.6. The molecule has 10 heteroatoms. The zero-order valence-corrected chi connectivity index (χ0v) is 17.0. The lowest BCUT2D eigenvalue weighted by molar-refractivity contribution is -0.130. The summed E-state index contributed by atoms with van der Waals surface area (Å²) >= 11 is 1.41. The fourth-order valence-corrected chi connectivity index (χ4v) is 4.30. The molecule has 148 valence electrons. The molecule has 3 aromatic rings. The van der Waals surface area contributed by atoms with Crippen molar-refractivity contribution in [2.24, 2.45) is 0 Å². The second-order valence-electron chi connectivity index (χ2n) is 6.87. The third kappa shape index (κ3) is 3.39. The Morgan fingerprint density at radius 1 is 1.25 bits per heavy atom. The van der Waals surface area contributed by atoms with Crippen molar-refractivity contribution in [1.82, 2.24) is 24.7 Å². The SMILES string of the molecule is CCc1cc(=O)n2nc(N3CCN(C(=O)Cc4c(C)noc4C)CC3)sc2n1. The molecule has 9 nitrogen and oxygen atoms in total. The molecule has 1 aliphatic rings. The van der Waals surface area contributed by atoms with Gasteiger partial charge in [-0.15, -0.1) is 5.10 Å². The zero-order valence-electron chi connectivity index (χ0n) is 16.1. The highest BCUT2D eigenvalue weighted by molar-refractivity contribution is 7.20. The molecule has 1 aliphatic heterocycles. The van der Waals surface area contributed by atoms with Crippen LogP contribution in [0.3, 0.4) is 0 Å². The van der Waals surface area contributed by atoms with Crippen molar-refractivity contribution in [3.63, 3.8) is 0 Å². The third-order valence-corrected chi connectivity index (χ3v) is 6.03. The molecule has 1 fully saturated rings. The van der Waals surface area contributed by atoms with Crippen molar-refractivity contribution < 1.29 is 9.32 Å². The van der Waals surface area contributed by atoms with Crippen LogP contribution in [0.4, 0.5) is 5.13 Å². The van der Waals surface area contributed by atoms with E-state index in [0.717, 1.165) is 22.1 Å². The van der Waals surface area contributed by atoms with Crippen molar-refractivity contribution in [3.05, 3.63) is 39.1 Å². The fraction of sp³-hybridized carbons (Fsp3) is 0.500. The Bertz CT molecular complexity index is 1060. The van der Waals surface area contributed by atoms with Gasteiger partial charge in [-0.2, -0.15) is 4.52 Å². The minimum atomic E-state index is -0.155. The summed E-state index contributed by atoms with van der Waals surface area (Å²) in [5.41, 5.74) is 2.26. The first-order valence-electron chi connectivity index (χ1n) is 9.30. The molecule has 0 spiro atoms. The number of fused-ring (bicyclic) bond motifs is 1. The maximum Gasteiger partial charge on any atom is 0.275 e. The molecule has 3 aromatic heterocycles. The summed E-state index contributed by atoms with van der Waals surface area (Å²) in [6, 6.07) is 1.53. The van der Waals surface area contributed by atoms with Crippen LogP contribution in [-0.4, -0.2) is 56.7 Å². The van der Waals surface area contributed by atoms with Gasteiger partial charge in [0, 0.05) is 43.5 Å². The van der Waals surface area contributed by atoms with Crippen LogP contribution in [0.2, 0.25) is 0 Å². The van der Waals surface area contributed by atoms with Gasteiger partial charge in [0.05, 0.1) is 12.1 Å². The number of hydrogen-bond acceptors (Lipinski definition) is 8. The summed E-state index contributed by atoms with van der Waals surface area (Å²) in [7, 11) is 0. The smallest absolute Gasteiger partial charge is 0.275 e. The average Bonchev–Trinajstić information content (AvgIpc) is 3.27. The molecular formula is C18H22N6O3S. The number of carbonyl (C=O) groups excluding carboxylic acids is 1. The van der Waals surface area contributed by atoms with Crippen LogP contribution in [0.25, 0.3) is 4.96 Å². The molecule has 0 N–H and O–H groups in total. The van der Waals surface area contributed by atoms with Gasteiger partial charge in [0.2, 0.25) is 16.0 Å². The molecule has 0 aliphatic carbocycles. The minimum absolute atomic E-state index is 0.0730. The summed E-state index contributed by atoms with van der Waals surface area (Å²) in [6.07, 6.45) is 1.02. The fourth-order valence-electron chi connectivity index (χ4n) is 3.32. The number of rotatable bonds is 4. The van der Waals surface area contributed by atoms with E-state index >= 15 is 0 Å². The van der Waals surface area contributed by atoms with E-state index in [9.17, 15) is 9.59 Å². The standard InChI is InChI=1S/C18H22N6O3S/c1-4-13-9-16(26)24-17(19-13)28-18(20-24)23-7-5-22(6-8-23)15(25)10-14-11(2)21-27-12(14)3/h9H,4-8,10H2,1-3H3. The van der Waals surface area contributed by atoms with E-state index in [2.05, 4.69) is 20.1 Å². The van der Waals surface area contributed by atoms with Crippen LogP contribution in [0.15, 0.2) is 15.4 Å². The van der Waals surface area contributed by atoms with E-state index in [0.29, 0.717) is 49.7 Å². The van der Waals surface area contributed by atoms with E-state index in [4.69, 9.17) is 4.52 Å². The Morgan fingerprint density at radius 2 is 2.00 bits per heavy atom. The number of hydrogen-bond donors (Lipinski definition) is 0. The van der Waals surface area contributed by atoms with Crippen molar-refractivity contribution in [1.29, 1.82) is 0 Å². The van der Waals surface area contributed by atoms with Crippen molar-refractivity contribution in [3.8, 4) is 0 Å².